The first-order valence-electron chi connectivity index (χ1n) is 8.12. The zero-order chi connectivity index (χ0) is 17.2. The van der Waals surface area contributed by atoms with E-state index in [0.29, 0.717) is 18.1 Å². The Labute approximate surface area is 143 Å². The van der Waals surface area contributed by atoms with Crippen molar-refractivity contribution in [2.75, 3.05) is 27.2 Å². The number of nitrogens with one attached hydrogen (secondary N) is 2. The van der Waals surface area contributed by atoms with E-state index in [0.717, 1.165) is 37.2 Å². The average Bonchev–Trinajstić information content (AvgIpc) is 2.61. The number of halogens is 1. The van der Waals surface area contributed by atoms with E-state index in [1.165, 1.54) is 12.1 Å². The maximum Gasteiger partial charge on any atom is 0.161 e. The fourth-order valence-electron chi connectivity index (χ4n) is 2.31. The first-order chi connectivity index (χ1) is 11.7. The Hall–Kier alpha value is -2.11. The minimum atomic E-state index is -0.247. The average molecular weight is 332 g/mol. The first-order valence-corrected chi connectivity index (χ1v) is 8.12. The summed E-state index contributed by atoms with van der Waals surface area (Å²) in [5.41, 5.74) is 2.05. The van der Waals surface area contributed by atoms with Crippen LogP contribution in [0.4, 0.5) is 4.39 Å². The molecule has 0 aromatic heterocycles. The molecule has 0 bridgehead atoms. The lowest BCUT2D eigenvalue weighted by Crippen LogP contribution is -2.19. The van der Waals surface area contributed by atoms with E-state index in [1.54, 1.807) is 19.2 Å². The Kier molecular flexibility index (Phi) is 7.52. The molecule has 0 aliphatic rings. The molecule has 0 amide bonds. The monoisotopic (exact) mass is 332 g/mol. The van der Waals surface area contributed by atoms with E-state index >= 15 is 0 Å². The summed E-state index contributed by atoms with van der Waals surface area (Å²) < 4.78 is 24.1. The van der Waals surface area contributed by atoms with Gasteiger partial charge in [-0.25, -0.2) is 4.39 Å². The molecular formula is C19H25FN2O2. The number of benzene rings is 2. The Balaban J connectivity index is 1.89. The lowest BCUT2D eigenvalue weighted by Gasteiger charge is -2.13. The zero-order valence-electron chi connectivity index (χ0n) is 14.3. The summed E-state index contributed by atoms with van der Waals surface area (Å²) in [6.07, 6.45) is 1.09. The third kappa shape index (κ3) is 5.83. The van der Waals surface area contributed by atoms with E-state index in [9.17, 15) is 4.39 Å². The molecule has 0 heterocycles. The van der Waals surface area contributed by atoms with Gasteiger partial charge in [0.2, 0.25) is 0 Å². The summed E-state index contributed by atoms with van der Waals surface area (Å²) in [5, 5.41) is 6.52. The van der Waals surface area contributed by atoms with Crippen LogP contribution in [-0.2, 0) is 13.2 Å². The van der Waals surface area contributed by atoms with E-state index < -0.39 is 0 Å². The van der Waals surface area contributed by atoms with Gasteiger partial charge in [0.25, 0.3) is 0 Å². The Morgan fingerprint density at radius 3 is 2.42 bits per heavy atom. The van der Waals surface area contributed by atoms with Crippen LogP contribution in [0.15, 0.2) is 42.5 Å². The second-order valence-corrected chi connectivity index (χ2v) is 5.53. The van der Waals surface area contributed by atoms with Gasteiger partial charge in [-0.15, -0.1) is 0 Å². The maximum atomic E-state index is 12.9. The van der Waals surface area contributed by atoms with Gasteiger partial charge < -0.3 is 20.1 Å². The van der Waals surface area contributed by atoms with Crippen LogP contribution >= 0.6 is 0 Å². The lowest BCUT2D eigenvalue weighted by molar-refractivity contribution is 0.284. The fourth-order valence-corrected chi connectivity index (χ4v) is 2.31. The Bertz CT molecular complexity index is 617. The number of methoxy groups -OCH3 is 1. The topological polar surface area (TPSA) is 42.5 Å². The Morgan fingerprint density at radius 1 is 0.958 bits per heavy atom. The van der Waals surface area contributed by atoms with Gasteiger partial charge in [-0.05, 0) is 62.0 Å². The summed E-state index contributed by atoms with van der Waals surface area (Å²) >= 11 is 0. The minimum absolute atomic E-state index is 0.247. The predicted molar refractivity (Wildman–Crippen MR) is 94.0 cm³/mol. The standard InChI is InChI=1S/C19H25FN2O2/c1-21-10-3-11-22-13-16-6-9-18(19(12-16)23-2)24-14-15-4-7-17(20)8-5-15/h4-9,12,21-22H,3,10-11,13-14H2,1-2H3. The summed E-state index contributed by atoms with van der Waals surface area (Å²) in [6.45, 7) is 3.13. The molecule has 2 rings (SSSR count). The van der Waals surface area contributed by atoms with Crippen molar-refractivity contribution < 1.29 is 13.9 Å². The molecule has 0 fully saturated rings. The number of ether oxygens (including phenoxy) is 2. The summed E-state index contributed by atoms with van der Waals surface area (Å²) in [7, 11) is 3.58. The van der Waals surface area contributed by atoms with Gasteiger partial charge in [0.05, 0.1) is 7.11 Å². The van der Waals surface area contributed by atoms with Crippen LogP contribution in [0.2, 0.25) is 0 Å². The largest absolute Gasteiger partial charge is 0.493 e. The molecule has 0 aliphatic carbocycles. The van der Waals surface area contributed by atoms with Crippen molar-refractivity contribution in [2.24, 2.45) is 0 Å². The maximum absolute atomic E-state index is 12.9. The molecule has 4 nitrogen and oxygen atoms in total. The Morgan fingerprint density at radius 2 is 1.71 bits per heavy atom. The molecule has 0 atom stereocenters. The fraction of sp³-hybridized carbons (Fsp3) is 0.368. The minimum Gasteiger partial charge on any atom is -0.493 e. The van der Waals surface area contributed by atoms with Crippen molar-refractivity contribution in [1.82, 2.24) is 10.6 Å². The number of rotatable bonds is 10. The van der Waals surface area contributed by atoms with Gasteiger partial charge in [0.15, 0.2) is 11.5 Å². The highest BCUT2D eigenvalue weighted by molar-refractivity contribution is 5.43. The molecule has 5 heteroatoms. The highest BCUT2D eigenvalue weighted by Gasteiger charge is 2.06. The second kappa shape index (κ2) is 9.90. The number of hydrogen-bond donors (Lipinski definition) is 2. The molecule has 0 spiro atoms. The van der Waals surface area contributed by atoms with E-state index in [2.05, 4.69) is 10.6 Å². The van der Waals surface area contributed by atoms with Gasteiger partial charge >= 0.3 is 0 Å². The van der Waals surface area contributed by atoms with Crippen LogP contribution < -0.4 is 20.1 Å². The van der Waals surface area contributed by atoms with Crippen LogP contribution in [-0.4, -0.2) is 27.2 Å². The third-order valence-corrected chi connectivity index (χ3v) is 3.65. The molecule has 2 aromatic rings. The molecular weight excluding hydrogens is 307 g/mol. The molecule has 0 saturated heterocycles. The molecule has 24 heavy (non-hydrogen) atoms. The van der Waals surface area contributed by atoms with E-state index in [-0.39, 0.29) is 5.82 Å². The van der Waals surface area contributed by atoms with Crippen LogP contribution in [0.5, 0.6) is 11.5 Å². The molecule has 2 N–H and O–H groups in total. The van der Waals surface area contributed by atoms with Gasteiger partial charge in [0.1, 0.15) is 12.4 Å². The third-order valence-electron chi connectivity index (χ3n) is 3.65. The quantitative estimate of drug-likeness (QED) is 0.656. The van der Waals surface area contributed by atoms with E-state index in [1.807, 2.05) is 25.2 Å². The molecule has 0 unspecified atom stereocenters. The SMILES string of the molecule is CNCCCNCc1ccc(OCc2ccc(F)cc2)c(OC)c1. The van der Waals surface area contributed by atoms with Gasteiger partial charge in [-0.3, -0.25) is 0 Å². The second-order valence-electron chi connectivity index (χ2n) is 5.53. The summed E-state index contributed by atoms with van der Waals surface area (Å²) in [4.78, 5) is 0. The zero-order valence-corrected chi connectivity index (χ0v) is 14.3. The van der Waals surface area contributed by atoms with Crippen LogP contribution in [0.25, 0.3) is 0 Å². The highest BCUT2D eigenvalue weighted by atomic mass is 19.1. The van der Waals surface area contributed by atoms with Crippen molar-refractivity contribution in [2.45, 2.75) is 19.6 Å². The van der Waals surface area contributed by atoms with Gasteiger partial charge in [-0.1, -0.05) is 18.2 Å². The normalized spacial score (nSPS) is 10.6. The van der Waals surface area contributed by atoms with Gasteiger partial charge in [-0.2, -0.15) is 0 Å². The molecule has 0 saturated carbocycles. The van der Waals surface area contributed by atoms with Crippen LogP contribution in [0, 0.1) is 5.82 Å². The number of hydrogen-bond acceptors (Lipinski definition) is 4. The van der Waals surface area contributed by atoms with Crippen molar-refractivity contribution in [3.05, 3.63) is 59.4 Å². The molecule has 0 radical (unpaired) electrons. The van der Waals surface area contributed by atoms with E-state index in [4.69, 9.17) is 9.47 Å². The molecule has 2 aromatic carbocycles. The smallest absolute Gasteiger partial charge is 0.161 e. The van der Waals surface area contributed by atoms with Crippen molar-refractivity contribution in [1.29, 1.82) is 0 Å². The van der Waals surface area contributed by atoms with Crippen LogP contribution in [0.3, 0.4) is 0 Å². The molecule has 0 aliphatic heterocycles. The predicted octanol–water partition coefficient (Wildman–Crippen LogP) is 3.11. The van der Waals surface area contributed by atoms with Crippen molar-refractivity contribution in [3.8, 4) is 11.5 Å². The van der Waals surface area contributed by atoms with Crippen molar-refractivity contribution in [3.63, 3.8) is 0 Å². The highest BCUT2D eigenvalue weighted by Crippen LogP contribution is 2.28. The first kappa shape index (κ1) is 18.2. The lowest BCUT2D eigenvalue weighted by atomic mass is 10.2. The summed E-state index contributed by atoms with van der Waals surface area (Å²) in [5.74, 6) is 1.13. The molecule has 130 valence electrons. The summed E-state index contributed by atoms with van der Waals surface area (Å²) in [6, 6.07) is 12.2. The van der Waals surface area contributed by atoms with Gasteiger partial charge in [0, 0.05) is 6.54 Å². The van der Waals surface area contributed by atoms with Crippen LogP contribution in [0.1, 0.15) is 17.5 Å². The van der Waals surface area contributed by atoms with Crippen molar-refractivity contribution >= 4 is 0 Å².